The molecule has 0 radical (unpaired) electrons. The van der Waals surface area contributed by atoms with E-state index in [0.29, 0.717) is 22.6 Å². The normalized spacial score (nSPS) is 10.5. The summed E-state index contributed by atoms with van der Waals surface area (Å²) in [5, 5.41) is 14.8. The summed E-state index contributed by atoms with van der Waals surface area (Å²) in [6.45, 7) is 1.21. The second-order valence-electron chi connectivity index (χ2n) is 4.28. The van der Waals surface area contributed by atoms with Gasteiger partial charge in [-0.25, -0.2) is 0 Å². The maximum Gasteiger partial charge on any atom is 0.283 e. The summed E-state index contributed by atoms with van der Waals surface area (Å²) in [7, 11) is 0. The van der Waals surface area contributed by atoms with Gasteiger partial charge in [0, 0.05) is 24.2 Å². The first kappa shape index (κ1) is 15.0. The van der Waals surface area contributed by atoms with E-state index in [4.69, 9.17) is 11.6 Å². The van der Waals surface area contributed by atoms with Gasteiger partial charge in [-0.1, -0.05) is 29.8 Å². The number of hydrogen-bond acceptors (Lipinski definition) is 3. The summed E-state index contributed by atoms with van der Waals surface area (Å²) in [5.74, 6) is 0. The summed E-state index contributed by atoms with van der Waals surface area (Å²) in [6.07, 6.45) is 0. The van der Waals surface area contributed by atoms with E-state index in [2.05, 4.69) is 21.2 Å². The van der Waals surface area contributed by atoms with Crippen LogP contribution in [0.1, 0.15) is 11.1 Å². The van der Waals surface area contributed by atoms with Crippen LogP contribution in [0.5, 0.6) is 0 Å². The first-order chi connectivity index (χ1) is 9.56. The molecule has 4 nitrogen and oxygen atoms in total. The molecule has 0 aromatic heterocycles. The van der Waals surface area contributed by atoms with Crippen molar-refractivity contribution >= 4 is 33.2 Å². The standard InChI is InChI=1S/C14H12BrClN2O2/c15-13-5-4-11(7-14(13)18(19)20)9-17-8-10-2-1-3-12(16)6-10/h1-7,17H,8-9H2. The van der Waals surface area contributed by atoms with Crippen LogP contribution in [0.4, 0.5) is 5.69 Å². The molecule has 0 atom stereocenters. The molecule has 0 saturated carbocycles. The van der Waals surface area contributed by atoms with Crippen LogP contribution in [-0.2, 0) is 13.1 Å². The Morgan fingerprint density at radius 3 is 2.50 bits per heavy atom. The topological polar surface area (TPSA) is 55.2 Å². The Morgan fingerprint density at radius 1 is 1.15 bits per heavy atom. The largest absolute Gasteiger partial charge is 0.309 e. The Labute approximate surface area is 130 Å². The lowest BCUT2D eigenvalue weighted by Crippen LogP contribution is -2.12. The van der Waals surface area contributed by atoms with Gasteiger partial charge in [-0.15, -0.1) is 0 Å². The molecule has 0 aliphatic heterocycles. The molecule has 0 amide bonds. The second-order valence-corrected chi connectivity index (χ2v) is 5.57. The Balaban J connectivity index is 1.97. The van der Waals surface area contributed by atoms with Gasteiger partial charge in [0.15, 0.2) is 0 Å². The molecule has 0 bridgehead atoms. The summed E-state index contributed by atoms with van der Waals surface area (Å²) in [4.78, 5) is 10.4. The van der Waals surface area contributed by atoms with Crippen molar-refractivity contribution in [3.8, 4) is 0 Å². The number of nitro benzene ring substituents is 1. The molecule has 104 valence electrons. The molecular weight excluding hydrogens is 344 g/mol. The van der Waals surface area contributed by atoms with Crippen molar-refractivity contribution in [2.45, 2.75) is 13.1 Å². The third-order valence-corrected chi connectivity index (χ3v) is 3.66. The highest BCUT2D eigenvalue weighted by Gasteiger charge is 2.11. The number of hydrogen-bond donors (Lipinski definition) is 1. The van der Waals surface area contributed by atoms with Gasteiger partial charge in [0.2, 0.25) is 0 Å². The van der Waals surface area contributed by atoms with Crippen LogP contribution in [0.25, 0.3) is 0 Å². The van der Waals surface area contributed by atoms with E-state index in [0.717, 1.165) is 11.1 Å². The molecule has 20 heavy (non-hydrogen) atoms. The van der Waals surface area contributed by atoms with E-state index in [1.54, 1.807) is 12.1 Å². The number of nitrogens with zero attached hydrogens (tertiary/aromatic N) is 1. The fourth-order valence-corrected chi connectivity index (χ4v) is 2.41. The molecule has 0 aliphatic rings. The van der Waals surface area contributed by atoms with E-state index < -0.39 is 4.92 Å². The highest BCUT2D eigenvalue weighted by molar-refractivity contribution is 9.10. The molecular formula is C14H12BrClN2O2. The van der Waals surface area contributed by atoms with E-state index in [1.807, 2.05) is 30.3 Å². The second kappa shape index (κ2) is 6.83. The fourth-order valence-electron chi connectivity index (χ4n) is 1.81. The minimum absolute atomic E-state index is 0.0760. The lowest BCUT2D eigenvalue weighted by Gasteiger charge is -2.06. The number of benzene rings is 2. The van der Waals surface area contributed by atoms with E-state index in [-0.39, 0.29) is 5.69 Å². The average Bonchev–Trinajstić information content (AvgIpc) is 2.40. The zero-order valence-electron chi connectivity index (χ0n) is 10.5. The molecule has 0 aliphatic carbocycles. The van der Waals surface area contributed by atoms with Crippen molar-refractivity contribution in [2.75, 3.05) is 0 Å². The Morgan fingerprint density at radius 2 is 1.85 bits per heavy atom. The fraction of sp³-hybridized carbons (Fsp3) is 0.143. The Kier molecular flexibility index (Phi) is 5.11. The lowest BCUT2D eigenvalue weighted by molar-refractivity contribution is -0.385. The predicted molar refractivity (Wildman–Crippen MR) is 82.8 cm³/mol. The SMILES string of the molecule is O=[N+]([O-])c1cc(CNCc2cccc(Cl)c2)ccc1Br. The molecule has 6 heteroatoms. The van der Waals surface area contributed by atoms with Crippen molar-refractivity contribution in [2.24, 2.45) is 0 Å². The highest BCUT2D eigenvalue weighted by Crippen LogP contribution is 2.25. The van der Waals surface area contributed by atoms with Gasteiger partial charge in [-0.2, -0.15) is 0 Å². The van der Waals surface area contributed by atoms with Crippen LogP contribution in [-0.4, -0.2) is 4.92 Å². The number of rotatable bonds is 5. The Hall–Kier alpha value is -1.43. The van der Waals surface area contributed by atoms with Crippen LogP contribution in [0.3, 0.4) is 0 Å². The third-order valence-electron chi connectivity index (χ3n) is 2.75. The van der Waals surface area contributed by atoms with Gasteiger partial charge in [-0.3, -0.25) is 10.1 Å². The molecule has 0 saturated heterocycles. The van der Waals surface area contributed by atoms with Gasteiger partial charge in [0.05, 0.1) is 9.40 Å². The van der Waals surface area contributed by atoms with Crippen LogP contribution in [0, 0.1) is 10.1 Å². The lowest BCUT2D eigenvalue weighted by atomic mass is 10.2. The molecule has 0 unspecified atom stereocenters. The zero-order chi connectivity index (χ0) is 14.5. The minimum Gasteiger partial charge on any atom is -0.309 e. The maximum absolute atomic E-state index is 10.8. The summed E-state index contributed by atoms with van der Waals surface area (Å²) < 4.78 is 0.487. The Bertz CT molecular complexity index is 634. The third kappa shape index (κ3) is 4.03. The molecule has 2 aromatic carbocycles. The van der Waals surface area contributed by atoms with Crippen molar-refractivity contribution in [3.05, 3.63) is 73.2 Å². The van der Waals surface area contributed by atoms with Gasteiger partial charge in [0.1, 0.15) is 0 Å². The number of nitro groups is 1. The summed E-state index contributed by atoms with van der Waals surface area (Å²) in [6, 6.07) is 12.7. The maximum atomic E-state index is 10.8. The van der Waals surface area contributed by atoms with Crippen molar-refractivity contribution < 1.29 is 4.92 Å². The average molecular weight is 356 g/mol. The van der Waals surface area contributed by atoms with E-state index >= 15 is 0 Å². The van der Waals surface area contributed by atoms with Crippen molar-refractivity contribution in [1.29, 1.82) is 0 Å². The molecule has 0 heterocycles. The molecule has 2 aromatic rings. The zero-order valence-corrected chi connectivity index (χ0v) is 12.8. The monoisotopic (exact) mass is 354 g/mol. The van der Waals surface area contributed by atoms with Gasteiger partial charge in [-0.05, 0) is 45.3 Å². The van der Waals surface area contributed by atoms with Crippen LogP contribution in [0.15, 0.2) is 46.9 Å². The predicted octanol–water partition coefficient (Wildman–Crippen LogP) is 4.30. The van der Waals surface area contributed by atoms with Crippen LogP contribution < -0.4 is 5.32 Å². The van der Waals surface area contributed by atoms with Crippen LogP contribution >= 0.6 is 27.5 Å². The minimum atomic E-state index is -0.398. The smallest absolute Gasteiger partial charge is 0.283 e. The molecule has 1 N–H and O–H groups in total. The summed E-state index contributed by atoms with van der Waals surface area (Å²) in [5.41, 5.74) is 2.01. The van der Waals surface area contributed by atoms with Gasteiger partial charge in [0.25, 0.3) is 5.69 Å². The highest BCUT2D eigenvalue weighted by atomic mass is 79.9. The molecule has 0 spiro atoms. The number of nitrogens with one attached hydrogen (secondary N) is 1. The summed E-state index contributed by atoms with van der Waals surface area (Å²) >= 11 is 9.07. The van der Waals surface area contributed by atoms with Crippen molar-refractivity contribution in [1.82, 2.24) is 5.32 Å². The van der Waals surface area contributed by atoms with E-state index in [9.17, 15) is 10.1 Å². The van der Waals surface area contributed by atoms with Crippen molar-refractivity contribution in [3.63, 3.8) is 0 Å². The van der Waals surface area contributed by atoms with Crippen LogP contribution in [0.2, 0.25) is 5.02 Å². The van der Waals surface area contributed by atoms with Gasteiger partial charge >= 0.3 is 0 Å². The van der Waals surface area contributed by atoms with E-state index in [1.165, 1.54) is 0 Å². The first-order valence-corrected chi connectivity index (χ1v) is 7.11. The first-order valence-electron chi connectivity index (χ1n) is 5.94. The van der Waals surface area contributed by atoms with Gasteiger partial charge < -0.3 is 5.32 Å². The molecule has 2 rings (SSSR count). The number of halogens is 2. The molecule has 0 fully saturated rings. The quantitative estimate of drug-likeness (QED) is 0.642.